The van der Waals surface area contributed by atoms with E-state index in [-0.39, 0.29) is 35.5 Å². The summed E-state index contributed by atoms with van der Waals surface area (Å²) in [6.45, 7) is 1.43. The smallest absolute Gasteiger partial charge is 0.390 e. The van der Waals surface area contributed by atoms with Crippen LogP contribution in [0.25, 0.3) is 22.3 Å². The Balaban J connectivity index is 1.25. The highest BCUT2D eigenvalue weighted by Crippen LogP contribution is 2.50. The van der Waals surface area contributed by atoms with Crippen LogP contribution in [0.4, 0.5) is 11.8 Å². The van der Waals surface area contributed by atoms with Crippen molar-refractivity contribution in [2.24, 2.45) is 11.8 Å². The maximum absolute atomic E-state index is 13.1. The van der Waals surface area contributed by atoms with Gasteiger partial charge in [0.15, 0.2) is 28.9 Å². The maximum Gasteiger partial charge on any atom is 0.472 e. The van der Waals surface area contributed by atoms with Crippen LogP contribution in [0.2, 0.25) is 0 Å². The molecule has 2 fully saturated rings. The average Bonchev–Trinajstić information content (AvgIpc) is 3.65. The van der Waals surface area contributed by atoms with Gasteiger partial charge in [0, 0.05) is 0 Å². The second-order valence-corrected chi connectivity index (χ2v) is 11.7. The molecule has 0 radical (unpaired) electrons. The fourth-order valence-electron chi connectivity index (χ4n) is 5.43. The summed E-state index contributed by atoms with van der Waals surface area (Å²) >= 11 is 0. The van der Waals surface area contributed by atoms with Gasteiger partial charge in [-0.2, -0.15) is 4.98 Å². The second kappa shape index (κ2) is 10.4. The first-order valence-corrected chi connectivity index (χ1v) is 14.3. The molecule has 4 aromatic heterocycles. The van der Waals surface area contributed by atoms with E-state index in [2.05, 4.69) is 29.9 Å². The van der Waals surface area contributed by atoms with Gasteiger partial charge in [-0.1, -0.05) is 6.92 Å². The number of aliphatic hydroxyl groups excluding tert-OH is 2. The van der Waals surface area contributed by atoms with Gasteiger partial charge < -0.3 is 31.3 Å². The van der Waals surface area contributed by atoms with Crippen molar-refractivity contribution in [3.8, 4) is 0 Å². The normalized spacial score (nSPS) is 32.1. The van der Waals surface area contributed by atoms with E-state index in [0.29, 0.717) is 30.4 Å². The number of aromatic nitrogens is 8. The highest BCUT2D eigenvalue weighted by molar-refractivity contribution is 7.47. The zero-order valence-electron chi connectivity index (χ0n) is 21.7. The largest absolute Gasteiger partial charge is 0.472 e. The molecule has 0 aromatic carbocycles. The zero-order chi connectivity index (χ0) is 29.1. The van der Waals surface area contributed by atoms with Crippen LogP contribution >= 0.6 is 7.82 Å². The number of anilines is 2. The van der Waals surface area contributed by atoms with E-state index in [1.807, 2.05) is 0 Å². The summed E-state index contributed by atoms with van der Waals surface area (Å²) in [5.41, 5.74) is 11.6. The van der Waals surface area contributed by atoms with Crippen molar-refractivity contribution >= 4 is 41.9 Å². The van der Waals surface area contributed by atoms with Crippen LogP contribution in [0, 0.1) is 11.8 Å². The molecule has 19 heteroatoms. The monoisotopic (exact) mass is 592 g/mol. The van der Waals surface area contributed by atoms with E-state index in [0.717, 1.165) is 10.9 Å². The van der Waals surface area contributed by atoms with Crippen LogP contribution in [-0.2, 0) is 18.3 Å². The number of H-pyrrole nitrogens is 1. The van der Waals surface area contributed by atoms with Crippen LogP contribution in [0.1, 0.15) is 38.6 Å². The van der Waals surface area contributed by atoms with Crippen molar-refractivity contribution in [2.75, 3.05) is 18.1 Å². The fourth-order valence-corrected chi connectivity index (χ4v) is 6.37. The predicted octanol–water partition coefficient (Wildman–Crippen LogP) is -0.188. The Hall–Kier alpha value is -3.51. The molecule has 0 amide bonds. The molecule has 6 rings (SSSR count). The van der Waals surface area contributed by atoms with Gasteiger partial charge in [0.1, 0.15) is 24.2 Å². The van der Waals surface area contributed by atoms with E-state index in [1.54, 1.807) is 17.8 Å². The standard InChI is InChI=1S/C22H29N10O8P/c1-9-2-3-10-4-12(31-7-27-13-17(23)25-6-26-18(13)31)39-11(10)5-38-41(36,37)40-16(15(9)33)21(35)32-8-28-14-19(32)29-22(24)30-20(14)34/h6-12,15-16,21,33,35H,2-5H2,1H3,(H,36,37)(H2,23,25,26)(H3,24,29,30,34)/t9?,10-,11+,12+,15+,16+,21+/m0/s1. The van der Waals surface area contributed by atoms with Crippen LogP contribution in [0.3, 0.4) is 0 Å². The Bertz CT molecular complexity index is 1690. The van der Waals surface area contributed by atoms with Crippen LogP contribution in [-0.4, -0.2) is 79.1 Å². The summed E-state index contributed by atoms with van der Waals surface area (Å²) in [6.07, 6.45) is -0.448. The van der Waals surface area contributed by atoms with Gasteiger partial charge in [-0.05, 0) is 31.1 Å². The topological polar surface area (TPSA) is 265 Å². The van der Waals surface area contributed by atoms with Crippen molar-refractivity contribution in [2.45, 2.75) is 57.0 Å². The number of phosphoric ester groups is 1. The van der Waals surface area contributed by atoms with Gasteiger partial charge in [-0.15, -0.1) is 0 Å². The third-order valence-electron chi connectivity index (χ3n) is 7.66. The molecule has 0 saturated carbocycles. The Kier molecular flexibility index (Phi) is 7.01. The number of nitrogens with zero attached hydrogens (tertiary/aromatic N) is 7. The fraction of sp³-hybridized carbons (Fsp3) is 0.545. The Morgan fingerprint density at radius 3 is 2.73 bits per heavy atom. The number of rotatable bonds is 3. The number of ether oxygens (including phenoxy) is 1. The lowest BCUT2D eigenvalue weighted by atomic mass is 9.87. The van der Waals surface area contributed by atoms with Gasteiger partial charge in [-0.3, -0.25) is 28.0 Å². The summed E-state index contributed by atoms with van der Waals surface area (Å²) in [6, 6.07) is 0. The number of hydrogen-bond donors (Lipinski definition) is 6. The zero-order valence-corrected chi connectivity index (χ0v) is 22.6. The van der Waals surface area contributed by atoms with E-state index in [4.69, 9.17) is 25.3 Å². The third kappa shape index (κ3) is 5.07. The summed E-state index contributed by atoms with van der Waals surface area (Å²) in [7, 11) is -4.86. The average molecular weight is 593 g/mol. The Morgan fingerprint density at radius 1 is 1.15 bits per heavy atom. The SMILES string of the molecule is CC1CC[C@H]2C[C@H](n3cnc4c(N)ncnc43)O[C@@H]2COP(=O)(O)O[C@@H]([C@@H](O)n2cnc3c(=O)[nH]c(N)nc32)[C@@H]1O. The van der Waals surface area contributed by atoms with Gasteiger partial charge in [0.2, 0.25) is 5.95 Å². The molecule has 41 heavy (non-hydrogen) atoms. The van der Waals surface area contributed by atoms with E-state index < -0.39 is 50.1 Å². The van der Waals surface area contributed by atoms with Crippen molar-refractivity contribution in [1.29, 1.82) is 0 Å². The first kappa shape index (κ1) is 27.6. The van der Waals surface area contributed by atoms with E-state index >= 15 is 0 Å². The molecule has 2 aliphatic heterocycles. The lowest BCUT2D eigenvalue weighted by Crippen LogP contribution is -2.40. The number of imidazole rings is 2. The number of nitrogens with two attached hydrogens (primary N) is 2. The summed E-state index contributed by atoms with van der Waals surface area (Å²) in [4.78, 5) is 45.5. The molecule has 2 unspecified atom stereocenters. The first-order valence-electron chi connectivity index (χ1n) is 12.8. The lowest BCUT2D eigenvalue weighted by Gasteiger charge is -2.32. The minimum Gasteiger partial charge on any atom is -0.390 e. The van der Waals surface area contributed by atoms with Crippen LogP contribution in [0.15, 0.2) is 23.8 Å². The molecule has 8 N–H and O–H groups in total. The van der Waals surface area contributed by atoms with Crippen molar-refractivity contribution in [3.05, 3.63) is 29.3 Å². The Morgan fingerprint density at radius 2 is 1.93 bits per heavy atom. The molecular weight excluding hydrogens is 563 g/mol. The molecule has 4 aromatic rings. The molecule has 18 nitrogen and oxygen atoms in total. The number of aromatic amines is 1. The van der Waals surface area contributed by atoms with Gasteiger partial charge in [0.25, 0.3) is 5.56 Å². The first-order chi connectivity index (χ1) is 19.5. The molecule has 0 spiro atoms. The minimum absolute atomic E-state index is 0.0989. The molecule has 220 valence electrons. The highest BCUT2D eigenvalue weighted by atomic mass is 31.2. The summed E-state index contributed by atoms with van der Waals surface area (Å²) in [5.74, 6) is -0.623. The lowest BCUT2D eigenvalue weighted by molar-refractivity contribution is -0.105. The molecule has 0 aliphatic carbocycles. The van der Waals surface area contributed by atoms with E-state index in [1.165, 1.54) is 6.33 Å². The molecule has 2 aliphatic rings. The van der Waals surface area contributed by atoms with E-state index in [9.17, 15) is 24.5 Å². The summed E-state index contributed by atoms with van der Waals surface area (Å²) in [5, 5.41) is 22.4. The number of hydrogen-bond acceptors (Lipinski definition) is 14. The Labute approximate surface area is 230 Å². The number of aliphatic hydroxyl groups is 2. The van der Waals surface area contributed by atoms with Gasteiger partial charge in [0.05, 0.1) is 31.5 Å². The number of nitrogens with one attached hydrogen (secondary N) is 1. The quantitative estimate of drug-likeness (QED) is 0.168. The molecule has 2 saturated heterocycles. The van der Waals surface area contributed by atoms with Crippen LogP contribution < -0.4 is 17.0 Å². The van der Waals surface area contributed by atoms with Gasteiger partial charge >= 0.3 is 7.82 Å². The highest BCUT2D eigenvalue weighted by Gasteiger charge is 2.44. The summed E-state index contributed by atoms with van der Waals surface area (Å²) < 4.78 is 32.7. The molecule has 8 atom stereocenters. The number of fused-ring (bicyclic) bond motifs is 3. The number of phosphoric acid groups is 1. The van der Waals surface area contributed by atoms with Crippen molar-refractivity contribution < 1.29 is 33.5 Å². The van der Waals surface area contributed by atoms with Crippen molar-refractivity contribution in [3.63, 3.8) is 0 Å². The number of nitrogen functional groups attached to an aromatic ring is 2. The minimum atomic E-state index is -4.86. The third-order valence-corrected chi connectivity index (χ3v) is 8.64. The van der Waals surface area contributed by atoms with Gasteiger partial charge in [-0.25, -0.2) is 24.5 Å². The van der Waals surface area contributed by atoms with Crippen LogP contribution in [0.5, 0.6) is 0 Å². The molecule has 0 bridgehead atoms. The predicted molar refractivity (Wildman–Crippen MR) is 141 cm³/mol. The maximum atomic E-state index is 13.1. The molecular formula is C22H29N10O8P. The van der Waals surface area contributed by atoms with Crippen molar-refractivity contribution in [1.82, 2.24) is 39.0 Å². The second-order valence-electron chi connectivity index (χ2n) is 10.3. The molecule has 6 heterocycles.